The van der Waals surface area contributed by atoms with Crippen molar-refractivity contribution < 1.29 is 24.2 Å². The number of hydrogen-bond acceptors (Lipinski definition) is 4. The molecular weight excluding hydrogens is 346 g/mol. The van der Waals surface area contributed by atoms with Crippen molar-refractivity contribution in [1.29, 1.82) is 0 Å². The minimum atomic E-state index is -0.975. The molecule has 0 unspecified atom stereocenters. The lowest BCUT2D eigenvalue weighted by Crippen LogP contribution is -2.26. The highest BCUT2D eigenvalue weighted by molar-refractivity contribution is 5.80. The van der Waals surface area contributed by atoms with Crippen molar-refractivity contribution in [3.63, 3.8) is 0 Å². The number of benzene rings is 2. The second kappa shape index (κ2) is 10.9. The molecule has 144 valence electrons. The normalized spacial score (nSPS) is 10.3. The zero-order valence-electron chi connectivity index (χ0n) is 15.4. The summed E-state index contributed by atoms with van der Waals surface area (Å²) in [4.78, 5) is 22.0. The minimum absolute atomic E-state index is 0.0101. The van der Waals surface area contributed by atoms with E-state index in [2.05, 4.69) is 5.32 Å². The molecule has 0 aliphatic heterocycles. The van der Waals surface area contributed by atoms with Crippen LogP contribution in [0.4, 0.5) is 0 Å². The van der Waals surface area contributed by atoms with E-state index in [1.54, 1.807) is 0 Å². The Morgan fingerprint density at radius 1 is 0.963 bits per heavy atom. The number of hydrogen-bond donors (Lipinski definition) is 2. The molecule has 0 bridgehead atoms. The fraction of sp³-hybridized carbons (Fsp3) is 0.333. The lowest BCUT2D eigenvalue weighted by atomic mass is 10.1. The zero-order chi connectivity index (χ0) is 19.5. The van der Waals surface area contributed by atoms with E-state index >= 15 is 0 Å². The lowest BCUT2D eigenvalue weighted by Gasteiger charge is -2.12. The van der Waals surface area contributed by atoms with E-state index in [1.807, 2.05) is 55.5 Å². The molecule has 27 heavy (non-hydrogen) atoms. The van der Waals surface area contributed by atoms with Gasteiger partial charge in [0.15, 0.2) is 0 Å². The molecule has 0 fully saturated rings. The van der Waals surface area contributed by atoms with E-state index in [4.69, 9.17) is 14.6 Å². The summed E-state index contributed by atoms with van der Waals surface area (Å²) in [6.07, 6.45) is 0.435. The summed E-state index contributed by atoms with van der Waals surface area (Å²) in [6, 6.07) is 15.5. The molecule has 1 amide bonds. The Bertz CT molecular complexity index is 742. The molecule has 0 saturated carbocycles. The summed E-state index contributed by atoms with van der Waals surface area (Å²) >= 11 is 0. The first-order chi connectivity index (χ1) is 13.0. The van der Waals surface area contributed by atoms with E-state index in [0.29, 0.717) is 26.2 Å². The summed E-state index contributed by atoms with van der Waals surface area (Å²) in [5.74, 6) is 0.324. The Morgan fingerprint density at radius 2 is 1.67 bits per heavy atom. The Morgan fingerprint density at radius 3 is 2.41 bits per heavy atom. The van der Waals surface area contributed by atoms with Gasteiger partial charge in [-0.1, -0.05) is 35.9 Å². The Kier molecular flexibility index (Phi) is 8.16. The number of para-hydroxylation sites is 1. The number of ether oxygens (including phenoxy) is 2. The molecule has 2 rings (SSSR count). The van der Waals surface area contributed by atoms with Gasteiger partial charge in [-0.2, -0.15) is 0 Å². The van der Waals surface area contributed by atoms with Crippen molar-refractivity contribution in [2.75, 3.05) is 19.8 Å². The predicted molar refractivity (Wildman–Crippen MR) is 102 cm³/mol. The van der Waals surface area contributed by atoms with Gasteiger partial charge < -0.3 is 19.9 Å². The highest BCUT2D eigenvalue weighted by Gasteiger charge is 2.07. The van der Waals surface area contributed by atoms with Crippen LogP contribution >= 0.6 is 0 Å². The molecule has 2 N–H and O–H groups in total. The highest BCUT2D eigenvalue weighted by Crippen LogP contribution is 2.18. The van der Waals surface area contributed by atoms with Gasteiger partial charge >= 0.3 is 5.97 Å². The van der Waals surface area contributed by atoms with Gasteiger partial charge in [0.25, 0.3) is 0 Å². The van der Waals surface area contributed by atoms with Crippen LogP contribution in [-0.2, 0) is 16.0 Å². The first-order valence-electron chi connectivity index (χ1n) is 8.93. The summed E-state index contributed by atoms with van der Waals surface area (Å²) in [5, 5.41) is 11.3. The maximum atomic E-state index is 11.6. The van der Waals surface area contributed by atoms with Crippen LogP contribution in [0.15, 0.2) is 48.5 Å². The quantitative estimate of drug-likeness (QED) is 0.593. The van der Waals surface area contributed by atoms with Crippen LogP contribution in [-0.4, -0.2) is 36.7 Å². The average Bonchev–Trinajstić information content (AvgIpc) is 2.66. The Balaban J connectivity index is 1.73. The van der Waals surface area contributed by atoms with Crippen molar-refractivity contribution in [1.82, 2.24) is 5.32 Å². The minimum Gasteiger partial charge on any atom is -0.490 e. The maximum Gasteiger partial charge on any atom is 0.303 e. The fourth-order valence-electron chi connectivity index (χ4n) is 2.44. The van der Waals surface area contributed by atoms with E-state index in [-0.39, 0.29) is 18.7 Å². The lowest BCUT2D eigenvalue weighted by molar-refractivity contribution is -0.138. The Labute approximate surface area is 159 Å². The molecule has 0 saturated heterocycles. The number of carbonyl (C=O) groups excluding carboxylic acids is 1. The molecule has 0 spiro atoms. The van der Waals surface area contributed by atoms with Crippen LogP contribution in [0.1, 0.15) is 24.0 Å². The van der Waals surface area contributed by atoms with Crippen molar-refractivity contribution in [3.8, 4) is 11.5 Å². The monoisotopic (exact) mass is 371 g/mol. The molecule has 0 heterocycles. The number of amides is 1. The van der Waals surface area contributed by atoms with Gasteiger partial charge in [0, 0.05) is 13.0 Å². The third-order valence-corrected chi connectivity index (χ3v) is 3.89. The number of carboxylic acids is 1. The van der Waals surface area contributed by atoms with Crippen molar-refractivity contribution >= 4 is 11.9 Å². The van der Waals surface area contributed by atoms with Gasteiger partial charge in [-0.3, -0.25) is 9.59 Å². The topological polar surface area (TPSA) is 84.9 Å². The van der Waals surface area contributed by atoms with Gasteiger partial charge in [-0.25, -0.2) is 0 Å². The summed E-state index contributed by atoms with van der Waals surface area (Å²) in [5.41, 5.74) is 2.16. The van der Waals surface area contributed by atoms with Crippen LogP contribution in [0.25, 0.3) is 0 Å². The molecule has 2 aromatic carbocycles. The van der Waals surface area contributed by atoms with E-state index in [0.717, 1.165) is 17.1 Å². The summed E-state index contributed by atoms with van der Waals surface area (Å²) in [7, 11) is 0. The van der Waals surface area contributed by atoms with Crippen molar-refractivity contribution in [3.05, 3.63) is 59.7 Å². The zero-order valence-corrected chi connectivity index (χ0v) is 15.4. The molecule has 0 aromatic heterocycles. The number of carbonyl (C=O) groups is 2. The van der Waals surface area contributed by atoms with Crippen molar-refractivity contribution in [2.24, 2.45) is 0 Å². The first kappa shape index (κ1) is 20.3. The van der Waals surface area contributed by atoms with Crippen LogP contribution in [0.5, 0.6) is 11.5 Å². The van der Waals surface area contributed by atoms with Crippen molar-refractivity contribution in [2.45, 2.75) is 26.2 Å². The third kappa shape index (κ3) is 7.81. The molecule has 0 aliphatic carbocycles. The van der Waals surface area contributed by atoms with Gasteiger partial charge in [0.1, 0.15) is 24.7 Å². The molecule has 0 atom stereocenters. The van der Waals surface area contributed by atoms with E-state index in [9.17, 15) is 9.59 Å². The molecule has 6 nitrogen and oxygen atoms in total. The summed E-state index contributed by atoms with van der Waals surface area (Å²) < 4.78 is 11.5. The largest absolute Gasteiger partial charge is 0.490 e. The highest BCUT2D eigenvalue weighted by atomic mass is 16.5. The second-order valence-electron chi connectivity index (χ2n) is 6.11. The smallest absolute Gasteiger partial charge is 0.303 e. The molecule has 0 radical (unpaired) electrons. The SMILES string of the molecule is Cc1ccc(OCCOc2ccccc2CCNC(=O)CCC(=O)O)cc1. The maximum absolute atomic E-state index is 11.6. The van der Waals surface area contributed by atoms with Crippen LogP contribution < -0.4 is 14.8 Å². The predicted octanol–water partition coefficient (Wildman–Crippen LogP) is 2.98. The van der Waals surface area contributed by atoms with Gasteiger partial charge in [-0.05, 0) is 37.1 Å². The van der Waals surface area contributed by atoms with E-state index in [1.165, 1.54) is 5.56 Å². The van der Waals surface area contributed by atoms with Crippen LogP contribution in [0.3, 0.4) is 0 Å². The number of rotatable bonds is 11. The number of aryl methyl sites for hydroxylation is 1. The van der Waals surface area contributed by atoms with Gasteiger partial charge in [0.2, 0.25) is 5.91 Å². The number of aliphatic carboxylic acids is 1. The molecule has 2 aromatic rings. The molecule has 6 heteroatoms. The Hall–Kier alpha value is -3.02. The van der Waals surface area contributed by atoms with Gasteiger partial charge in [-0.15, -0.1) is 0 Å². The third-order valence-electron chi connectivity index (χ3n) is 3.89. The summed E-state index contributed by atoms with van der Waals surface area (Å²) in [6.45, 7) is 3.30. The fourth-order valence-corrected chi connectivity index (χ4v) is 2.44. The van der Waals surface area contributed by atoms with Crippen LogP contribution in [0, 0.1) is 6.92 Å². The number of nitrogens with one attached hydrogen (secondary N) is 1. The first-order valence-corrected chi connectivity index (χ1v) is 8.93. The molecular formula is C21H25NO5. The average molecular weight is 371 g/mol. The van der Waals surface area contributed by atoms with Gasteiger partial charge in [0.05, 0.1) is 6.42 Å². The standard InChI is InChI=1S/C21H25NO5/c1-16-6-8-18(9-7-16)26-14-15-27-19-5-3-2-4-17(19)12-13-22-20(23)10-11-21(24)25/h2-9H,10-15H2,1H3,(H,22,23)(H,24,25). The molecule has 0 aliphatic rings. The number of carboxylic acid groups (broad SMARTS) is 1. The second-order valence-corrected chi connectivity index (χ2v) is 6.11. The van der Waals surface area contributed by atoms with Crippen LogP contribution in [0.2, 0.25) is 0 Å². The van der Waals surface area contributed by atoms with E-state index < -0.39 is 5.97 Å².